The van der Waals surface area contributed by atoms with Gasteiger partial charge in [0.15, 0.2) is 11.4 Å². The van der Waals surface area contributed by atoms with Gasteiger partial charge in [0.2, 0.25) is 5.58 Å². The molecule has 0 unspecified atom stereocenters. The zero-order chi connectivity index (χ0) is 9.42. The van der Waals surface area contributed by atoms with E-state index in [1.165, 1.54) is 12.1 Å². The predicted molar refractivity (Wildman–Crippen MR) is 41.0 cm³/mol. The fourth-order valence-electron chi connectivity index (χ4n) is 0.944. The maximum atomic E-state index is 12.9. The van der Waals surface area contributed by atoms with E-state index in [-0.39, 0.29) is 11.2 Å². The van der Waals surface area contributed by atoms with Gasteiger partial charge in [0.05, 0.1) is 0 Å². The van der Waals surface area contributed by atoms with Gasteiger partial charge in [0, 0.05) is 0 Å². The number of hydrogen-bond acceptors (Lipinski definition) is 4. The average Bonchev–Trinajstić information content (AvgIpc) is 2.09. The minimum atomic E-state index is -1.21. The molecule has 1 heterocycles. The largest absolute Gasteiger partial charge is 0.423 e. The van der Waals surface area contributed by atoms with E-state index in [0.717, 1.165) is 6.07 Å². The van der Waals surface area contributed by atoms with Crippen LogP contribution in [0, 0.1) is 5.82 Å². The Hall–Kier alpha value is -1.91. The highest BCUT2D eigenvalue weighted by Gasteiger charge is 2.07. The molecule has 0 N–H and O–H groups in total. The maximum absolute atomic E-state index is 12.9. The van der Waals surface area contributed by atoms with Crippen molar-refractivity contribution in [2.24, 2.45) is 0 Å². The second-order valence-corrected chi connectivity index (χ2v) is 2.35. The SMILES string of the molecule is O=c1oc2cccc(F)c2oc1=O. The quantitative estimate of drug-likeness (QED) is 0.567. The van der Waals surface area contributed by atoms with Crippen molar-refractivity contribution >= 4 is 11.2 Å². The summed E-state index contributed by atoms with van der Waals surface area (Å²) in [6.07, 6.45) is 0. The van der Waals surface area contributed by atoms with Crippen LogP contribution in [0.25, 0.3) is 11.2 Å². The Balaban J connectivity index is 3.06. The van der Waals surface area contributed by atoms with Gasteiger partial charge in [0.1, 0.15) is 0 Å². The molecule has 0 aliphatic rings. The molecular formula is C8H3FO4. The van der Waals surface area contributed by atoms with E-state index in [1.54, 1.807) is 0 Å². The molecule has 0 radical (unpaired) electrons. The molecule has 1 aromatic carbocycles. The molecule has 0 saturated carbocycles. The number of halogens is 1. The van der Waals surface area contributed by atoms with Crippen LogP contribution >= 0.6 is 0 Å². The summed E-state index contributed by atoms with van der Waals surface area (Å²) < 4.78 is 21.8. The van der Waals surface area contributed by atoms with Crippen LogP contribution in [0.3, 0.4) is 0 Å². The third kappa shape index (κ3) is 1.14. The van der Waals surface area contributed by atoms with Gasteiger partial charge < -0.3 is 8.83 Å². The molecule has 13 heavy (non-hydrogen) atoms. The van der Waals surface area contributed by atoms with Gasteiger partial charge in [-0.3, -0.25) is 0 Å². The first-order valence-electron chi connectivity index (χ1n) is 3.41. The highest BCUT2D eigenvalue weighted by Crippen LogP contribution is 2.13. The molecule has 2 aromatic rings. The van der Waals surface area contributed by atoms with Gasteiger partial charge in [-0.2, -0.15) is 0 Å². The lowest BCUT2D eigenvalue weighted by molar-refractivity contribution is 0.435. The average molecular weight is 182 g/mol. The monoisotopic (exact) mass is 182 g/mol. The first kappa shape index (κ1) is 7.72. The van der Waals surface area contributed by atoms with Gasteiger partial charge in [-0.1, -0.05) is 6.07 Å². The Morgan fingerprint density at radius 2 is 1.77 bits per heavy atom. The molecule has 2 rings (SSSR count). The molecular weight excluding hydrogens is 179 g/mol. The Bertz CT molecular complexity index is 566. The van der Waals surface area contributed by atoms with Crippen molar-refractivity contribution < 1.29 is 13.2 Å². The molecule has 4 nitrogen and oxygen atoms in total. The lowest BCUT2D eigenvalue weighted by Gasteiger charge is -1.93. The summed E-state index contributed by atoms with van der Waals surface area (Å²) in [4.78, 5) is 21.3. The van der Waals surface area contributed by atoms with Gasteiger partial charge in [-0.25, -0.2) is 14.0 Å². The third-order valence-corrected chi connectivity index (χ3v) is 1.49. The predicted octanol–water partition coefficient (Wildman–Crippen LogP) is 0.885. The molecule has 0 atom stereocenters. The first-order chi connectivity index (χ1) is 6.18. The molecule has 0 aliphatic carbocycles. The normalized spacial score (nSPS) is 10.5. The van der Waals surface area contributed by atoms with E-state index in [1.807, 2.05) is 0 Å². The van der Waals surface area contributed by atoms with Crippen molar-refractivity contribution in [2.45, 2.75) is 0 Å². The number of benzene rings is 1. The van der Waals surface area contributed by atoms with Crippen LogP contribution in [-0.2, 0) is 0 Å². The van der Waals surface area contributed by atoms with E-state index in [4.69, 9.17) is 0 Å². The highest BCUT2D eigenvalue weighted by atomic mass is 19.1. The minimum Gasteiger partial charge on any atom is -0.414 e. The van der Waals surface area contributed by atoms with Gasteiger partial charge in [-0.15, -0.1) is 0 Å². The van der Waals surface area contributed by atoms with Gasteiger partial charge in [-0.05, 0) is 12.1 Å². The molecule has 1 aromatic heterocycles. The van der Waals surface area contributed by atoms with E-state index in [0.29, 0.717) is 0 Å². The van der Waals surface area contributed by atoms with Gasteiger partial charge in [0.25, 0.3) is 0 Å². The summed E-state index contributed by atoms with van der Waals surface area (Å²) in [6, 6.07) is 3.79. The van der Waals surface area contributed by atoms with Crippen LogP contribution in [0.1, 0.15) is 0 Å². The molecule has 0 amide bonds. The fraction of sp³-hybridized carbons (Fsp3) is 0. The first-order valence-corrected chi connectivity index (χ1v) is 3.41. The Morgan fingerprint density at radius 1 is 1.08 bits per heavy atom. The molecule has 0 saturated heterocycles. The van der Waals surface area contributed by atoms with E-state index in [2.05, 4.69) is 8.83 Å². The molecule has 5 heteroatoms. The third-order valence-electron chi connectivity index (χ3n) is 1.49. The molecule has 0 fully saturated rings. The van der Waals surface area contributed by atoms with Crippen LogP contribution in [0.4, 0.5) is 4.39 Å². The second kappa shape index (κ2) is 2.55. The lowest BCUT2D eigenvalue weighted by Crippen LogP contribution is -2.21. The Morgan fingerprint density at radius 3 is 2.54 bits per heavy atom. The zero-order valence-corrected chi connectivity index (χ0v) is 6.24. The van der Waals surface area contributed by atoms with Crippen molar-refractivity contribution in [3.05, 3.63) is 44.9 Å². The van der Waals surface area contributed by atoms with Crippen molar-refractivity contribution in [3.63, 3.8) is 0 Å². The Kier molecular flexibility index (Phi) is 1.51. The van der Waals surface area contributed by atoms with Crippen LogP contribution < -0.4 is 11.3 Å². The molecule has 66 valence electrons. The number of hydrogen-bond donors (Lipinski definition) is 0. The molecule has 0 bridgehead atoms. The smallest absolute Gasteiger partial charge is 0.414 e. The van der Waals surface area contributed by atoms with Gasteiger partial charge >= 0.3 is 11.3 Å². The molecule has 0 spiro atoms. The van der Waals surface area contributed by atoms with Crippen molar-refractivity contribution in [1.29, 1.82) is 0 Å². The summed E-state index contributed by atoms with van der Waals surface area (Å²) in [5.74, 6) is -0.738. The van der Waals surface area contributed by atoms with E-state index in [9.17, 15) is 14.0 Å². The number of fused-ring (bicyclic) bond motifs is 1. The summed E-state index contributed by atoms with van der Waals surface area (Å²) >= 11 is 0. The van der Waals surface area contributed by atoms with Crippen LogP contribution in [0.15, 0.2) is 36.6 Å². The zero-order valence-electron chi connectivity index (χ0n) is 6.24. The summed E-state index contributed by atoms with van der Waals surface area (Å²) in [5.41, 5.74) is -2.77. The molecule has 0 aliphatic heterocycles. The Labute approximate surface area is 70.2 Å². The van der Waals surface area contributed by atoms with Crippen molar-refractivity contribution in [3.8, 4) is 0 Å². The number of para-hydroxylation sites is 1. The second-order valence-electron chi connectivity index (χ2n) is 2.35. The summed E-state index contributed by atoms with van der Waals surface area (Å²) in [7, 11) is 0. The minimum absolute atomic E-state index is 0.0791. The maximum Gasteiger partial charge on any atom is 0.423 e. The van der Waals surface area contributed by atoms with Crippen LogP contribution in [0.2, 0.25) is 0 Å². The van der Waals surface area contributed by atoms with E-state index < -0.39 is 17.1 Å². The topological polar surface area (TPSA) is 60.4 Å². The van der Waals surface area contributed by atoms with E-state index >= 15 is 0 Å². The summed E-state index contributed by atoms with van der Waals surface area (Å²) in [5, 5.41) is 0. The van der Waals surface area contributed by atoms with Crippen molar-refractivity contribution in [2.75, 3.05) is 0 Å². The summed E-state index contributed by atoms with van der Waals surface area (Å²) in [6.45, 7) is 0. The van der Waals surface area contributed by atoms with Crippen molar-refractivity contribution in [1.82, 2.24) is 0 Å². The lowest BCUT2D eigenvalue weighted by atomic mass is 10.3. The number of rotatable bonds is 0. The fourth-order valence-corrected chi connectivity index (χ4v) is 0.944. The standard InChI is InChI=1S/C8H3FO4/c9-4-2-1-3-5-6(4)13-8(11)7(10)12-5/h1-3H. The van der Waals surface area contributed by atoms with Crippen LogP contribution in [-0.4, -0.2) is 0 Å². The highest BCUT2D eigenvalue weighted by molar-refractivity contribution is 5.69. The van der Waals surface area contributed by atoms with Crippen LogP contribution in [0.5, 0.6) is 0 Å².